The van der Waals surface area contributed by atoms with Gasteiger partial charge in [-0.25, -0.2) is 0 Å². The van der Waals surface area contributed by atoms with Crippen LogP contribution in [0.1, 0.15) is 32.6 Å². The topological polar surface area (TPSA) is 41.5 Å². The molecule has 0 saturated heterocycles. The third-order valence-corrected chi connectivity index (χ3v) is 2.37. The lowest BCUT2D eigenvalue weighted by atomic mass is 10.1. The van der Waals surface area contributed by atoms with Gasteiger partial charge in [0.15, 0.2) is 0 Å². The highest BCUT2D eigenvalue weighted by molar-refractivity contribution is 4.82. The van der Waals surface area contributed by atoms with Crippen LogP contribution in [0.4, 0.5) is 0 Å². The number of hydrogen-bond acceptors (Lipinski definition) is 3. The highest BCUT2D eigenvalue weighted by Gasteiger charge is 2.09. The van der Waals surface area contributed by atoms with E-state index < -0.39 is 0 Å². The molecule has 2 unspecified atom stereocenters. The molecule has 0 aromatic heterocycles. The Morgan fingerprint density at radius 2 is 2.50 bits per heavy atom. The molecule has 14 heavy (non-hydrogen) atoms. The van der Waals surface area contributed by atoms with Crippen molar-refractivity contribution < 1.29 is 9.84 Å². The number of aliphatic hydroxyl groups is 1. The summed E-state index contributed by atoms with van der Waals surface area (Å²) in [6, 6.07) is 0. The van der Waals surface area contributed by atoms with Crippen molar-refractivity contribution in [3.05, 3.63) is 12.3 Å². The number of rotatable bonds is 6. The molecule has 1 aliphatic heterocycles. The minimum Gasteiger partial charge on any atom is -0.497 e. The van der Waals surface area contributed by atoms with Crippen LogP contribution in [0.25, 0.3) is 0 Å². The maximum absolute atomic E-state index is 9.04. The van der Waals surface area contributed by atoms with E-state index in [2.05, 4.69) is 11.4 Å². The Morgan fingerprint density at radius 1 is 1.64 bits per heavy atom. The minimum absolute atomic E-state index is 0.175. The second-order valence-corrected chi connectivity index (χ2v) is 3.90. The Bertz CT molecular complexity index is 169. The summed E-state index contributed by atoms with van der Waals surface area (Å²) in [6.07, 6.45) is 8.16. The Hall–Kier alpha value is -0.540. The first-order valence-corrected chi connectivity index (χ1v) is 5.48. The van der Waals surface area contributed by atoms with E-state index in [1.807, 2.05) is 6.92 Å². The van der Waals surface area contributed by atoms with Crippen LogP contribution < -0.4 is 5.32 Å². The number of hydrogen-bond donors (Lipinski definition) is 2. The van der Waals surface area contributed by atoms with E-state index >= 15 is 0 Å². The van der Waals surface area contributed by atoms with Crippen molar-refractivity contribution >= 4 is 0 Å². The van der Waals surface area contributed by atoms with Crippen LogP contribution in [0.3, 0.4) is 0 Å². The van der Waals surface area contributed by atoms with Gasteiger partial charge in [0.05, 0.1) is 12.4 Å². The molecular formula is C11H21NO2. The Balaban J connectivity index is 1.90. The molecule has 3 nitrogen and oxygen atoms in total. The molecule has 0 fully saturated rings. The number of allylic oxidation sites excluding steroid dienone is 1. The zero-order valence-electron chi connectivity index (χ0n) is 8.91. The minimum atomic E-state index is -0.175. The molecule has 0 bridgehead atoms. The van der Waals surface area contributed by atoms with Crippen LogP contribution >= 0.6 is 0 Å². The zero-order chi connectivity index (χ0) is 10.2. The highest BCUT2D eigenvalue weighted by atomic mass is 16.5. The van der Waals surface area contributed by atoms with Crippen molar-refractivity contribution in [2.45, 2.75) is 44.8 Å². The predicted molar refractivity (Wildman–Crippen MR) is 57.0 cm³/mol. The molecule has 1 heterocycles. The molecule has 0 radical (unpaired) electrons. The Morgan fingerprint density at radius 3 is 3.14 bits per heavy atom. The number of aliphatic hydroxyl groups excluding tert-OH is 1. The number of ether oxygens (including phenoxy) is 1. The Kier molecular flexibility index (Phi) is 5.64. The smallest absolute Gasteiger partial charge is 0.110 e. The summed E-state index contributed by atoms with van der Waals surface area (Å²) in [7, 11) is 0. The summed E-state index contributed by atoms with van der Waals surface area (Å²) in [6.45, 7) is 3.72. The summed E-state index contributed by atoms with van der Waals surface area (Å²) in [5, 5.41) is 12.4. The molecule has 1 rings (SSSR count). The quantitative estimate of drug-likeness (QED) is 0.636. The predicted octanol–water partition coefficient (Wildman–Crippen LogP) is 1.43. The lowest BCUT2D eigenvalue weighted by Crippen LogP contribution is -2.30. The van der Waals surface area contributed by atoms with Gasteiger partial charge in [-0.3, -0.25) is 0 Å². The summed E-state index contributed by atoms with van der Waals surface area (Å²) in [5.41, 5.74) is 0. The Labute approximate surface area is 86.2 Å². The van der Waals surface area contributed by atoms with E-state index in [1.165, 1.54) is 0 Å². The van der Waals surface area contributed by atoms with Crippen LogP contribution in [0.5, 0.6) is 0 Å². The van der Waals surface area contributed by atoms with Crippen LogP contribution in [-0.4, -0.2) is 30.4 Å². The van der Waals surface area contributed by atoms with Gasteiger partial charge in [-0.05, 0) is 45.2 Å². The molecule has 0 aliphatic carbocycles. The van der Waals surface area contributed by atoms with Gasteiger partial charge in [-0.15, -0.1) is 0 Å². The van der Waals surface area contributed by atoms with Crippen molar-refractivity contribution in [3.8, 4) is 0 Å². The van der Waals surface area contributed by atoms with Gasteiger partial charge in [0, 0.05) is 6.54 Å². The van der Waals surface area contributed by atoms with E-state index in [-0.39, 0.29) is 6.10 Å². The summed E-state index contributed by atoms with van der Waals surface area (Å²) < 4.78 is 5.41. The van der Waals surface area contributed by atoms with E-state index in [0.717, 1.165) is 38.8 Å². The fourth-order valence-electron chi connectivity index (χ4n) is 1.52. The third kappa shape index (κ3) is 5.25. The highest BCUT2D eigenvalue weighted by Crippen LogP contribution is 2.08. The molecule has 2 atom stereocenters. The standard InChI is InChI=1S/C11H21NO2/c1-10(13)5-4-7-12-9-11-6-2-3-8-14-11/h3,8,10-13H,2,4-7,9H2,1H3. The first-order valence-electron chi connectivity index (χ1n) is 5.48. The van der Waals surface area contributed by atoms with Gasteiger partial charge in [0.1, 0.15) is 6.10 Å². The van der Waals surface area contributed by atoms with Crippen molar-refractivity contribution in [1.82, 2.24) is 5.32 Å². The van der Waals surface area contributed by atoms with Gasteiger partial charge in [0.25, 0.3) is 0 Å². The first kappa shape index (κ1) is 11.5. The van der Waals surface area contributed by atoms with Gasteiger partial charge < -0.3 is 15.2 Å². The van der Waals surface area contributed by atoms with Crippen molar-refractivity contribution in [2.24, 2.45) is 0 Å². The second-order valence-electron chi connectivity index (χ2n) is 3.90. The average molecular weight is 199 g/mol. The maximum atomic E-state index is 9.04. The largest absolute Gasteiger partial charge is 0.497 e. The molecule has 0 amide bonds. The molecule has 0 aromatic carbocycles. The lowest BCUT2D eigenvalue weighted by Gasteiger charge is -2.19. The van der Waals surface area contributed by atoms with Gasteiger partial charge in [-0.2, -0.15) is 0 Å². The summed E-state index contributed by atoms with van der Waals surface area (Å²) in [4.78, 5) is 0. The van der Waals surface area contributed by atoms with E-state index in [9.17, 15) is 0 Å². The maximum Gasteiger partial charge on any atom is 0.110 e. The van der Waals surface area contributed by atoms with Crippen LogP contribution in [-0.2, 0) is 4.74 Å². The van der Waals surface area contributed by atoms with Crippen molar-refractivity contribution in [2.75, 3.05) is 13.1 Å². The van der Waals surface area contributed by atoms with Crippen LogP contribution in [0.15, 0.2) is 12.3 Å². The molecular weight excluding hydrogens is 178 g/mol. The molecule has 0 saturated carbocycles. The SMILES string of the molecule is CC(O)CCCNCC1CCC=CO1. The van der Waals surface area contributed by atoms with Crippen molar-refractivity contribution in [1.29, 1.82) is 0 Å². The average Bonchev–Trinajstić information content (AvgIpc) is 2.18. The van der Waals surface area contributed by atoms with E-state index in [1.54, 1.807) is 6.26 Å². The normalized spacial score (nSPS) is 23.1. The molecule has 0 spiro atoms. The molecule has 0 aromatic rings. The van der Waals surface area contributed by atoms with E-state index in [0.29, 0.717) is 6.10 Å². The van der Waals surface area contributed by atoms with Crippen molar-refractivity contribution in [3.63, 3.8) is 0 Å². The van der Waals surface area contributed by atoms with Crippen LogP contribution in [0.2, 0.25) is 0 Å². The second kappa shape index (κ2) is 6.85. The molecule has 3 heteroatoms. The first-order chi connectivity index (χ1) is 6.79. The lowest BCUT2D eigenvalue weighted by molar-refractivity contribution is 0.122. The molecule has 1 aliphatic rings. The summed E-state index contributed by atoms with van der Waals surface area (Å²) in [5.74, 6) is 0. The van der Waals surface area contributed by atoms with E-state index in [4.69, 9.17) is 9.84 Å². The van der Waals surface area contributed by atoms with Crippen LogP contribution in [0, 0.1) is 0 Å². The molecule has 2 N–H and O–H groups in total. The summed E-state index contributed by atoms with van der Waals surface area (Å²) >= 11 is 0. The zero-order valence-corrected chi connectivity index (χ0v) is 8.91. The van der Waals surface area contributed by atoms with Gasteiger partial charge in [-0.1, -0.05) is 0 Å². The molecule has 82 valence electrons. The fraction of sp³-hybridized carbons (Fsp3) is 0.818. The van der Waals surface area contributed by atoms with Gasteiger partial charge in [0.2, 0.25) is 0 Å². The number of nitrogens with one attached hydrogen (secondary N) is 1. The monoisotopic (exact) mass is 199 g/mol. The van der Waals surface area contributed by atoms with Gasteiger partial charge >= 0.3 is 0 Å². The fourth-order valence-corrected chi connectivity index (χ4v) is 1.52. The third-order valence-electron chi connectivity index (χ3n) is 2.37.